The molecule has 27 heavy (non-hydrogen) atoms. The van der Waals surface area contributed by atoms with E-state index in [0.717, 1.165) is 56.6 Å². The highest BCUT2D eigenvalue weighted by Gasteiger charge is 2.30. The number of aromatic nitrogens is 2. The monoisotopic (exact) mass is 365 g/mol. The number of amides is 1. The Kier molecular flexibility index (Phi) is 5.37. The van der Waals surface area contributed by atoms with E-state index in [1.807, 2.05) is 11.0 Å². The Labute approximate surface area is 160 Å². The number of Topliss-reactive ketones (excluding diaryl/α,β-unsaturated/α-hetero) is 1. The van der Waals surface area contributed by atoms with Crippen LogP contribution in [0, 0.1) is 5.92 Å². The fourth-order valence-corrected chi connectivity index (χ4v) is 4.36. The van der Waals surface area contributed by atoms with Crippen molar-refractivity contribution < 1.29 is 9.59 Å². The van der Waals surface area contributed by atoms with E-state index >= 15 is 0 Å². The molecule has 1 aromatic carbocycles. The number of H-pyrrole nitrogens is 1. The van der Waals surface area contributed by atoms with Gasteiger partial charge >= 0.3 is 0 Å². The van der Waals surface area contributed by atoms with Crippen molar-refractivity contribution >= 4 is 11.7 Å². The maximum atomic E-state index is 12.5. The number of nitrogens with zero attached hydrogens (tertiary/aromatic N) is 2. The van der Waals surface area contributed by atoms with Crippen LogP contribution < -0.4 is 0 Å². The van der Waals surface area contributed by atoms with Crippen LogP contribution in [0.2, 0.25) is 0 Å². The van der Waals surface area contributed by atoms with Crippen molar-refractivity contribution in [1.29, 1.82) is 0 Å². The van der Waals surface area contributed by atoms with Crippen LogP contribution in [0.3, 0.4) is 0 Å². The topological polar surface area (TPSA) is 66.1 Å². The number of carbonyl (C=O) groups excluding carboxylic acids is 2. The van der Waals surface area contributed by atoms with E-state index in [-0.39, 0.29) is 17.6 Å². The zero-order valence-corrected chi connectivity index (χ0v) is 15.7. The summed E-state index contributed by atoms with van der Waals surface area (Å²) in [5.74, 6) is 0.811. The molecule has 0 radical (unpaired) electrons. The van der Waals surface area contributed by atoms with Gasteiger partial charge in [0, 0.05) is 49.9 Å². The minimum atomic E-state index is -0.0258. The third-order valence-electron chi connectivity index (χ3n) is 6.01. The molecule has 2 heterocycles. The second-order valence-corrected chi connectivity index (χ2v) is 7.90. The molecule has 5 nitrogen and oxygen atoms in total. The van der Waals surface area contributed by atoms with Gasteiger partial charge in [-0.3, -0.25) is 14.7 Å². The van der Waals surface area contributed by atoms with Gasteiger partial charge in [-0.05, 0) is 37.3 Å². The van der Waals surface area contributed by atoms with Crippen molar-refractivity contribution in [3.05, 3.63) is 53.3 Å². The van der Waals surface area contributed by atoms with Crippen LogP contribution in [0.25, 0.3) is 0 Å². The van der Waals surface area contributed by atoms with Crippen LogP contribution in [-0.2, 0) is 16.0 Å². The zero-order chi connectivity index (χ0) is 18.6. The molecule has 5 heteroatoms. The summed E-state index contributed by atoms with van der Waals surface area (Å²) in [6, 6.07) is 12.6. The number of hydrogen-bond acceptors (Lipinski definition) is 3. The van der Waals surface area contributed by atoms with Gasteiger partial charge < -0.3 is 4.90 Å². The number of ketones is 1. The van der Waals surface area contributed by atoms with Crippen molar-refractivity contribution in [3.63, 3.8) is 0 Å². The van der Waals surface area contributed by atoms with Crippen LogP contribution >= 0.6 is 0 Å². The van der Waals surface area contributed by atoms with Crippen LogP contribution in [0.5, 0.6) is 0 Å². The molecule has 1 aromatic heterocycles. The average Bonchev–Trinajstić information content (AvgIpc) is 3.32. The Hall–Kier alpha value is -2.43. The molecule has 0 bridgehead atoms. The largest absolute Gasteiger partial charge is 0.343 e. The van der Waals surface area contributed by atoms with E-state index < -0.39 is 0 Å². The van der Waals surface area contributed by atoms with Gasteiger partial charge in [-0.2, -0.15) is 5.10 Å². The molecule has 2 fully saturated rings. The fourth-order valence-electron chi connectivity index (χ4n) is 4.36. The number of nitrogens with one attached hydrogen (secondary N) is 1. The Morgan fingerprint density at radius 3 is 2.63 bits per heavy atom. The molecule has 4 rings (SSSR count). The number of rotatable bonds is 5. The minimum Gasteiger partial charge on any atom is -0.343 e. The van der Waals surface area contributed by atoms with Gasteiger partial charge in [-0.15, -0.1) is 0 Å². The highest BCUT2D eigenvalue weighted by atomic mass is 16.2. The molecule has 142 valence electrons. The Morgan fingerprint density at radius 1 is 1.15 bits per heavy atom. The van der Waals surface area contributed by atoms with Crippen molar-refractivity contribution in [2.24, 2.45) is 5.92 Å². The highest BCUT2D eigenvalue weighted by Crippen LogP contribution is 2.29. The zero-order valence-electron chi connectivity index (χ0n) is 15.7. The van der Waals surface area contributed by atoms with Gasteiger partial charge in [-0.25, -0.2) is 0 Å². The molecule has 1 aliphatic heterocycles. The average molecular weight is 365 g/mol. The summed E-state index contributed by atoms with van der Waals surface area (Å²) >= 11 is 0. The summed E-state index contributed by atoms with van der Waals surface area (Å²) in [5, 5.41) is 7.70. The molecular formula is C22H27N3O2. The first-order valence-corrected chi connectivity index (χ1v) is 10.1. The van der Waals surface area contributed by atoms with Gasteiger partial charge in [-0.1, -0.05) is 30.3 Å². The van der Waals surface area contributed by atoms with E-state index in [2.05, 4.69) is 40.5 Å². The van der Waals surface area contributed by atoms with Crippen molar-refractivity contribution in [3.8, 4) is 0 Å². The summed E-state index contributed by atoms with van der Waals surface area (Å²) in [6.45, 7) is 1.54. The molecular weight excluding hydrogens is 338 g/mol. The maximum absolute atomic E-state index is 12.5. The third-order valence-corrected chi connectivity index (χ3v) is 6.01. The predicted molar refractivity (Wildman–Crippen MR) is 103 cm³/mol. The SMILES string of the molecule is O=C1CCC[C@@H]1CC(=O)N1CCC(c2cc(Cc3ccccc3)[nH]n2)CC1. The second kappa shape index (κ2) is 8.07. The fraction of sp³-hybridized carbons (Fsp3) is 0.500. The molecule has 1 amide bonds. The number of aromatic amines is 1. The number of piperidine rings is 1. The summed E-state index contributed by atoms with van der Waals surface area (Å²) in [4.78, 5) is 26.2. The summed E-state index contributed by atoms with van der Waals surface area (Å²) in [7, 11) is 0. The lowest BCUT2D eigenvalue weighted by Crippen LogP contribution is -2.39. The Balaban J connectivity index is 1.29. The van der Waals surface area contributed by atoms with E-state index in [1.165, 1.54) is 5.56 Å². The summed E-state index contributed by atoms with van der Waals surface area (Å²) in [6.07, 6.45) is 5.65. The van der Waals surface area contributed by atoms with Crippen molar-refractivity contribution in [1.82, 2.24) is 15.1 Å². The number of benzene rings is 1. The minimum absolute atomic E-state index is 0.0258. The van der Waals surface area contributed by atoms with Crippen molar-refractivity contribution in [2.75, 3.05) is 13.1 Å². The first-order valence-electron chi connectivity index (χ1n) is 10.1. The smallest absolute Gasteiger partial charge is 0.223 e. The molecule has 2 aromatic rings. The van der Waals surface area contributed by atoms with E-state index in [4.69, 9.17) is 0 Å². The predicted octanol–water partition coefficient (Wildman–Crippen LogP) is 3.47. The second-order valence-electron chi connectivity index (χ2n) is 7.90. The molecule has 1 aliphatic carbocycles. The molecule has 1 N–H and O–H groups in total. The van der Waals surface area contributed by atoms with Gasteiger partial charge in [0.2, 0.25) is 5.91 Å². The normalized spacial score (nSPS) is 21.0. The Bertz CT molecular complexity index is 791. The van der Waals surface area contributed by atoms with Crippen LogP contribution in [0.15, 0.2) is 36.4 Å². The first kappa shape index (κ1) is 18.0. The number of carbonyl (C=O) groups is 2. The third kappa shape index (κ3) is 4.29. The van der Waals surface area contributed by atoms with Crippen LogP contribution in [0.1, 0.15) is 61.4 Å². The van der Waals surface area contributed by atoms with E-state index in [0.29, 0.717) is 18.8 Å². The van der Waals surface area contributed by atoms with E-state index in [1.54, 1.807) is 0 Å². The number of hydrogen-bond donors (Lipinski definition) is 1. The molecule has 1 saturated carbocycles. The lowest BCUT2D eigenvalue weighted by atomic mass is 9.92. The van der Waals surface area contributed by atoms with Gasteiger partial charge in [0.1, 0.15) is 5.78 Å². The molecule has 1 saturated heterocycles. The molecule has 2 aliphatic rings. The summed E-state index contributed by atoms with van der Waals surface area (Å²) in [5.41, 5.74) is 3.52. The summed E-state index contributed by atoms with van der Waals surface area (Å²) < 4.78 is 0. The van der Waals surface area contributed by atoms with Crippen molar-refractivity contribution in [2.45, 2.75) is 50.9 Å². The van der Waals surface area contributed by atoms with Gasteiger partial charge in [0.15, 0.2) is 0 Å². The maximum Gasteiger partial charge on any atom is 0.223 e. The number of likely N-dealkylation sites (tertiary alicyclic amines) is 1. The van der Waals surface area contributed by atoms with Crippen LogP contribution in [0.4, 0.5) is 0 Å². The Morgan fingerprint density at radius 2 is 1.93 bits per heavy atom. The highest BCUT2D eigenvalue weighted by molar-refractivity contribution is 5.88. The van der Waals surface area contributed by atoms with Gasteiger partial charge in [0.25, 0.3) is 0 Å². The lowest BCUT2D eigenvalue weighted by Gasteiger charge is -2.31. The quantitative estimate of drug-likeness (QED) is 0.882. The molecule has 1 atom stereocenters. The lowest BCUT2D eigenvalue weighted by molar-refractivity contribution is -0.135. The van der Waals surface area contributed by atoms with Gasteiger partial charge in [0.05, 0.1) is 5.69 Å². The van der Waals surface area contributed by atoms with E-state index in [9.17, 15) is 9.59 Å². The molecule has 0 spiro atoms. The molecule has 0 unspecified atom stereocenters. The van der Waals surface area contributed by atoms with Crippen LogP contribution in [-0.4, -0.2) is 39.9 Å². The standard InChI is InChI=1S/C22H27N3O2/c26-21-8-4-7-18(21)14-22(27)25-11-9-17(10-12-25)20-15-19(23-24-20)13-16-5-2-1-3-6-16/h1-3,5-6,15,17-18H,4,7-14H2,(H,23,24)/t18-/m1/s1. The first-order chi connectivity index (χ1) is 13.2.